The minimum absolute atomic E-state index is 0.203. The molecule has 1 heterocycles. The van der Waals surface area contributed by atoms with E-state index in [0.29, 0.717) is 22.5 Å². The second kappa shape index (κ2) is 5.41. The average Bonchev–Trinajstić information content (AvgIpc) is 2.33. The molecule has 18 heavy (non-hydrogen) atoms. The van der Waals surface area contributed by atoms with Gasteiger partial charge in [0.05, 0.1) is 10.2 Å². The maximum absolute atomic E-state index is 13.1. The fourth-order valence-electron chi connectivity index (χ4n) is 1.40. The summed E-state index contributed by atoms with van der Waals surface area (Å²) in [7, 11) is 0. The standard InChI is InChI=1S/C12H11BrFN3O/c1-7-4-8(6-15)17-12(16-7)18-9-2-3-11(14)10(13)5-9/h2-5H,6,15H2,1H3. The van der Waals surface area contributed by atoms with E-state index in [9.17, 15) is 4.39 Å². The van der Waals surface area contributed by atoms with Crippen LogP contribution in [0.4, 0.5) is 4.39 Å². The van der Waals surface area contributed by atoms with Gasteiger partial charge in [-0.3, -0.25) is 0 Å². The minimum Gasteiger partial charge on any atom is -0.424 e. The van der Waals surface area contributed by atoms with Gasteiger partial charge in [0.25, 0.3) is 0 Å². The van der Waals surface area contributed by atoms with Gasteiger partial charge in [0.2, 0.25) is 0 Å². The van der Waals surface area contributed by atoms with Crippen molar-refractivity contribution in [3.8, 4) is 11.8 Å². The number of aromatic nitrogens is 2. The predicted octanol–water partition coefficient (Wildman–Crippen LogP) is 2.94. The van der Waals surface area contributed by atoms with E-state index in [0.717, 1.165) is 5.69 Å². The Morgan fingerprint density at radius 2 is 2.11 bits per heavy atom. The highest BCUT2D eigenvalue weighted by atomic mass is 79.9. The second-order valence-electron chi connectivity index (χ2n) is 3.67. The summed E-state index contributed by atoms with van der Waals surface area (Å²) in [6.07, 6.45) is 0. The summed E-state index contributed by atoms with van der Waals surface area (Å²) in [6.45, 7) is 2.14. The summed E-state index contributed by atoms with van der Waals surface area (Å²) in [5.74, 6) is 0.104. The van der Waals surface area contributed by atoms with E-state index in [4.69, 9.17) is 10.5 Å². The van der Waals surface area contributed by atoms with Crippen molar-refractivity contribution < 1.29 is 9.13 Å². The lowest BCUT2D eigenvalue weighted by molar-refractivity contribution is 0.436. The molecule has 2 aromatic rings. The molecule has 0 bridgehead atoms. The lowest BCUT2D eigenvalue weighted by atomic mass is 10.3. The van der Waals surface area contributed by atoms with Crippen molar-refractivity contribution in [3.63, 3.8) is 0 Å². The summed E-state index contributed by atoms with van der Waals surface area (Å²) in [6, 6.07) is 6.32. The fraction of sp³-hybridized carbons (Fsp3) is 0.167. The van der Waals surface area contributed by atoms with Gasteiger partial charge in [0.1, 0.15) is 11.6 Å². The molecule has 0 spiro atoms. The molecular weight excluding hydrogens is 301 g/mol. The number of hydrogen-bond acceptors (Lipinski definition) is 4. The summed E-state index contributed by atoms with van der Waals surface area (Å²) < 4.78 is 18.9. The van der Waals surface area contributed by atoms with Gasteiger partial charge in [0, 0.05) is 12.2 Å². The molecule has 0 saturated carbocycles. The minimum atomic E-state index is -0.352. The molecule has 1 aromatic heterocycles. The highest BCUT2D eigenvalue weighted by Gasteiger charge is 2.06. The Morgan fingerprint density at radius 3 is 2.78 bits per heavy atom. The zero-order valence-electron chi connectivity index (χ0n) is 9.65. The molecule has 0 unspecified atom stereocenters. The van der Waals surface area contributed by atoms with Gasteiger partial charge in [-0.2, -0.15) is 4.98 Å². The Bertz CT molecular complexity index is 577. The molecule has 0 fully saturated rings. The maximum Gasteiger partial charge on any atom is 0.322 e. The van der Waals surface area contributed by atoms with Crippen LogP contribution in [0, 0.1) is 12.7 Å². The van der Waals surface area contributed by atoms with Crippen LogP contribution in [-0.2, 0) is 6.54 Å². The molecule has 94 valence electrons. The molecule has 2 N–H and O–H groups in total. The first-order valence-electron chi connectivity index (χ1n) is 5.26. The fourth-order valence-corrected chi connectivity index (χ4v) is 1.76. The van der Waals surface area contributed by atoms with E-state index in [1.165, 1.54) is 18.2 Å². The van der Waals surface area contributed by atoms with Crippen LogP contribution in [0.25, 0.3) is 0 Å². The van der Waals surface area contributed by atoms with E-state index in [1.807, 2.05) is 6.92 Å². The van der Waals surface area contributed by atoms with E-state index in [-0.39, 0.29) is 11.8 Å². The lowest BCUT2D eigenvalue weighted by Gasteiger charge is -2.06. The van der Waals surface area contributed by atoms with Gasteiger partial charge in [-0.1, -0.05) is 0 Å². The van der Waals surface area contributed by atoms with Crippen LogP contribution in [0.1, 0.15) is 11.4 Å². The highest BCUT2D eigenvalue weighted by Crippen LogP contribution is 2.24. The first kappa shape index (κ1) is 12.9. The van der Waals surface area contributed by atoms with Gasteiger partial charge in [-0.05, 0) is 47.1 Å². The Kier molecular flexibility index (Phi) is 3.88. The van der Waals surface area contributed by atoms with E-state index in [1.54, 1.807) is 6.07 Å². The van der Waals surface area contributed by atoms with Crippen molar-refractivity contribution in [2.45, 2.75) is 13.5 Å². The molecule has 0 aliphatic heterocycles. The molecule has 0 amide bonds. The molecule has 0 aliphatic carbocycles. The molecule has 0 saturated heterocycles. The average molecular weight is 312 g/mol. The Balaban J connectivity index is 2.27. The third-order valence-electron chi connectivity index (χ3n) is 2.20. The van der Waals surface area contributed by atoms with Gasteiger partial charge in [0.15, 0.2) is 0 Å². The van der Waals surface area contributed by atoms with Crippen LogP contribution in [0.5, 0.6) is 11.8 Å². The number of rotatable bonds is 3. The molecule has 0 radical (unpaired) electrons. The number of aryl methyl sites for hydroxylation is 1. The number of ether oxygens (including phenoxy) is 1. The molecule has 0 atom stereocenters. The highest BCUT2D eigenvalue weighted by molar-refractivity contribution is 9.10. The Hall–Kier alpha value is -1.53. The van der Waals surface area contributed by atoms with Crippen molar-refractivity contribution >= 4 is 15.9 Å². The third-order valence-corrected chi connectivity index (χ3v) is 2.80. The zero-order valence-corrected chi connectivity index (χ0v) is 11.2. The van der Waals surface area contributed by atoms with Crippen molar-refractivity contribution in [3.05, 3.63) is 45.9 Å². The number of hydrogen-bond donors (Lipinski definition) is 1. The van der Waals surface area contributed by atoms with Crippen molar-refractivity contribution in [1.82, 2.24) is 9.97 Å². The number of nitrogens with two attached hydrogens (primary N) is 1. The van der Waals surface area contributed by atoms with Gasteiger partial charge in [-0.25, -0.2) is 9.37 Å². The van der Waals surface area contributed by atoms with Crippen molar-refractivity contribution in [2.24, 2.45) is 5.73 Å². The number of halogens is 2. The van der Waals surface area contributed by atoms with Crippen molar-refractivity contribution in [1.29, 1.82) is 0 Å². The SMILES string of the molecule is Cc1cc(CN)nc(Oc2ccc(F)c(Br)c2)n1. The first-order valence-corrected chi connectivity index (χ1v) is 6.05. The van der Waals surface area contributed by atoms with E-state index >= 15 is 0 Å². The lowest BCUT2D eigenvalue weighted by Crippen LogP contribution is -2.03. The summed E-state index contributed by atoms with van der Waals surface area (Å²) in [5, 5.41) is 0. The van der Waals surface area contributed by atoms with Crippen LogP contribution < -0.4 is 10.5 Å². The quantitative estimate of drug-likeness (QED) is 0.946. The summed E-state index contributed by atoms with van der Waals surface area (Å²) >= 11 is 3.09. The third kappa shape index (κ3) is 3.02. The molecule has 0 aliphatic rings. The van der Waals surface area contributed by atoms with Gasteiger partial charge < -0.3 is 10.5 Å². The number of benzene rings is 1. The Labute approximate surface area is 112 Å². The van der Waals surface area contributed by atoms with Crippen LogP contribution in [0.2, 0.25) is 0 Å². The van der Waals surface area contributed by atoms with Gasteiger partial charge in [-0.15, -0.1) is 0 Å². The maximum atomic E-state index is 13.1. The smallest absolute Gasteiger partial charge is 0.322 e. The number of nitrogens with zero attached hydrogens (tertiary/aromatic N) is 2. The second-order valence-corrected chi connectivity index (χ2v) is 4.52. The topological polar surface area (TPSA) is 61.0 Å². The zero-order chi connectivity index (χ0) is 13.1. The van der Waals surface area contributed by atoms with Crippen LogP contribution in [0.3, 0.4) is 0 Å². The largest absolute Gasteiger partial charge is 0.424 e. The Morgan fingerprint density at radius 1 is 1.33 bits per heavy atom. The van der Waals surface area contributed by atoms with Crippen LogP contribution in [0.15, 0.2) is 28.7 Å². The first-order chi connectivity index (χ1) is 8.58. The van der Waals surface area contributed by atoms with E-state index in [2.05, 4.69) is 25.9 Å². The summed E-state index contributed by atoms with van der Waals surface area (Å²) in [4.78, 5) is 8.26. The monoisotopic (exact) mass is 311 g/mol. The molecule has 6 heteroatoms. The molecular formula is C12H11BrFN3O. The van der Waals surface area contributed by atoms with Crippen LogP contribution in [-0.4, -0.2) is 9.97 Å². The normalized spacial score (nSPS) is 10.4. The van der Waals surface area contributed by atoms with E-state index < -0.39 is 0 Å². The van der Waals surface area contributed by atoms with Crippen LogP contribution >= 0.6 is 15.9 Å². The van der Waals surface area contributed by atoms with Gasteiger partial charge >= 0.3 is 6.01 Å². The predicted molar refractivity (Wildman–Crippen MR) is 68.8 cm³/mol. The molecule has 1 aromatic carbocycles. The molecule has 2 rings (SSSR count). The molecule has 4 nitrogen and oxygen atoms in total. The summed E-state index contributed by atoms with van der Waals surface area (Å²) in [5.41, 5.74) is 6.98. The van der Waals surface area contributed by atoms with Crippen molar-refractivity contribution in [2.75, 3.05) is 0 Å².